The lowest BCUT2D eigenvalue weighted by atomic mass is 10.3. The summed E-state index contributed by atoms with van der Waals surface area (Å²) in [4.78, 5) is 9.20. The molecule has 0 saturated carbocycles. The Hall–Kier alpha value is -0.650. The summed E-state index contributed by atoms with van der Waals surface area (Å²) in [5.74, 6) is 0. The molecule has 3 rings (SSSR count). The first-order chi connectivity index (χ1) is 7.42. The molecule has 2 aliphatic heterocycles. The van der Waals surface area contributed by atoms with Crippen molar-refractivity contribution < 1.29 is 4.74 Å². The van der Waals surface area contributed by atoms with Crippen LogP contribution < -0.4 is 4.90 Å². The van der Waals surface area contributed by atoms with Gasteiger partial charge >= 0.3 is 0 Å². The normalized spacial score (nSPS) is 26.9. The topological polar surface area (TPSA) is 31.9 Å². The molecule has 0 bridgehead atoms. The average molecular weight is 225 g/mol. The van der Waals surface area contributed by atoms with Gasteiger partial charge in [0.15, 0.2) is 5.13 Å². The molecule has 4 nitrogen and oxygen atoms in total. The number of aromatic nitrogens is 1. The van der Waals surface area contributed by atoms with Gasteiger partial charge in [0.2, 0.25) is 0 Å². The van der Waals surface area contributed by atoms with E-state index in [0.29, 0.717) is 6.10 Å². The van der Waals surface area contributed by atoms with Crippen LogP contribution in [0.1, 0.15) is 0 Å². The molecule has 0 amide bonds. The fourth-order valence-corrected chi connectivity index (χ4v) is 2.65. The molecule has 2 saturated heterocycles. The van der Waals surface area contributed by atoms with Crippen LogP contribution in [0.5, 0.6) is 0 Å². The summed E-state index contributed by atoms with van der Waals surface area (Å²) < 4.78 is 5.24. The quantitative estimate of drug-likeness (QED) is 0.708. The van der Waals surface area contributed by atoms with Gasteiger partial charge in [0.1, 0.15) is 0 Å². The molecule has 2 fully saturated rings. The molecule has 5 heteroatoms. The summed E-state index contributed by atoms with van der Waals surface area (Å²) in [6.07, 6.45) is 2.40. The van der Waals surface area contributed by atoms with Crippen molar-refractivity contribution in [3.8, 4) is 0 Å². The van der Waals surface area contributed by atoms with Crippen LogP contribution in [0, 0.1) is 0 Å². The predicted octanol–water partition coefficient (Wildman–Crippen LogP) is 0.664. The van der Waals surface area contributed by atoms with Crippen LogP contribution in [-0.4, -0.2) is 55.3 Å². The molecule has 3 heterocycles. The molecule has 0 radical (unpaired) electrons. The minimum Gasteiger partial charge on any atom is -0.372 e. The number of thiazole rings is 1. The highest BCUT2D eigenvalue weighted by Crippen LogP contribution is 2.19. The van der Waals surface area contributed by atoms with Crippen molar-refractivity contribution in [3.63, 3.8) is 0 Å². The Labute approximate surface area is 93.5 Å². The summed E-state index contributed by atoms with van der Waals surface area (Å²) in [6, 6.07) is 0. The zero-order valence-electron chi connectivity index (χ0n) is 8.63. The van der Waals surface area contributed by atoms with Gasteiger partial charge in [-0.1, -0.05) is 0 Å². The number of hydrogen-bond donors (Lipinski definition) is 0. The van der Waals surface area contributed by atoms with Gasteiger partial charge in [0.25, 0.3) is 0 Å². The largest absolute Gasteiger partial charge is 0.372 e. The third-order valence-corrected chi connectivity index (χ3v) is 3.76. The minimum atomic E-state index is 0.524. The third kappa shape index (κ3) is 2.30. The average Bonchev–Trinajstić information content (AvgIpc) is 2.92. The van der Waals surface area contributed by atoms with E-state index in [-0.39, 0.29) is 0 Å². The lowest BCUT2D eigenvalue weighted by Crippen LogP contribution is -2.47. The van der Waals surface area contributed by atoms with Crippen molar-refractivity contribution in [2.24, 2.45) is 0 Å². The van der Waals surface area contributed by atoms with E-state index in [1.165, 1.54) is 0 Å². The number of anilines is 1. The maximum atomic E-state index is 5.24. The second-order valence-corrected chi connectivity index (χ2v) is 4.93. The molecule has 82 valence electrons. The monoisotopic (exact) mass is 225 g/mol. The highest BCUT2D eigenvalue weighted by atomic mass is 32.1. The highest BCUT2D eigenvalue weighted by Gasteiger charge is 2.27. The van der Waals surface area contributed by atoms with Crippen LogP contribution in [0.2, 0.25) is 0 Å². The Kier molecular flexibility index (Phi) is 2.60. The van der Waals surface area contributed by atoms with E-state index in [9.17, 15) is 0 Å². The van der Waals surface area contributed by atoms with Crippen molar-refractivity contribution in [3.05, 3.63) is 11.6 Å². The second-order valence-electron chi connectivity index (χ2n) is 4.06. The number of ether oxygens (including phenoxy) is 1. The SMILES string of the molecule is c1csc(N2CCN(CC3CO3)CC2)n1. The van der Waals surface area contributed by atoms with Crippen molar-refractivity contribution in [2.75, 3.05) is 44.2 Å². The molecule has 0 aromatic carbocycles. The van der Waals surface area contributed by atoms with E-state index in [1.54, 1.807) is 11.3 Å². The Bertz CT molecular complexity index is 304. The molecule has 2 aliphatic rings. The first-order valence-corrected chi connectivity index (χ1v) is 6.28. The van der Waals surface area contributed by atoms with Crippen LogP contribution in [0.4, 0.5) is 5.13 Å². The van der Waals surface area contributed by atoms with Crippen LogP contribution in [0.15, 0.2) is 11.6 Å². The summed E-state index contributed by atoms with van der Waals surface area (Å²) in [7, 11) is 0. The van der Waals surface area contributed by atoms with E-state index >= 15 is 0 Å². The Morgan fingerprint density at radius 1 is 1.40 bits per heavy atom. The van der Waals surface area contributed by atoms with Gasteiger partial charge in [-0.25, -0.2) is 4.98 Å². The summed E-state index contributed by atoms with van der Waals surface area (Å²) in [6.45, 7) is 6.55. The molecule has 15 heavy (non-hydrogen) atoms. The smallest absolute Gasteiger partial charge is 0.185 e. The van der Waals surface area contributed by atoms with E-state index in [2.05, 4.69) is 14.8 Å². The van der Waals surface area contributed by atoms with Crippen LogP contribution in [-0.2, 0) is 4.74 Å². The van der Waals surface area contributed by atoms with Gasteiger partial charge in [-0.2, -0.15) is 0 Å². The Balaban J connectivity index is 1.51. The van der Waals surface area contributed by atoms with Gasteiger partial charge in [0.05, 0.1) is 12.7 Å². The maximum Gasteiger partial charge on any atom is 0.185 e. The van der Waals surface area contributed by atoms with Gasteiger partial charge in [-0.15, -0.1) is 11.3 Å². The number of epoxide rings is 1. The van der Waals surface area contributed by atoms with E-state index < -0.39 is 0 Å². The molecule has 0 spiro atoms. The van der Waals surface area contributed by atoms with Crippen molar-refractivity contribution >= 4 is 16.5 Å². The first kappa shape index (κ1) is 9.57. The van der Waals surface area contributed by atoms with Gasteiger partial charge < -0.3 is 9.64 Å². The van der Waals surface area contributed by atoms with Gasteiger partial charge in [-0.05, 0) is 0 Å². The van der Waals surface area contributed by atoms with E-state index in [0.717, 1.165) is 44.5 Å². The highest BCUT2D eigenvalue weighted by molar-refractivity contribution is 7.13. The molecule has 0 aliphatic carbocycles. The van der Waals surface area contributed by atoms with E-state index in [1.807, 2.05) is 11.6 Å². The first-order valence-electron chi connectivity index (χ1n) is 5.40. The fourth-order valence-electron chi connectivity index (χ4n) is 1.96. The van der Waals surface area contributed by atoms with E-state index in [4.69, 9.17) is 4.74 Å². The standard InChI is InChI=1S/C10H15N3OS/c1-6-15-10(11-1)13-4-2-12(3-5-13)7-9-8-14-9/h1,6,9H,2-5,7-8H2. The zero-order chi connectivity index (χ0) is 10.1. The predicted molar refractivity (Wildman–Crippen MR) is 60.5 cm³/mol. The third-order valence-electron chi connectivity index (χ3n) is 2.93. The summed E-state index contributed by atoms with van der Waals surface area (Å²) in [5, 5.41) is 3.21. The van der Waals surface area contributed by atoms with Crippen LogP contribution >= 0.6 is 11.3 Å². The lowest BCUT2D eigenvalue weighted by molar-refractivity contribution is 0.230. The summed E-state index contributed by atoms with van der Waals surface area (Å²) in [5.41, 5.74) is 0. The zero-order valence-corrected chi connectivity index (χ0v) is 9.45. The number of piperazine rings is 1. The lowest BCUT2D eigenvalue weighted by Gasteiger charge is -2.34. The maximum absolute atomic E-state index is 5.24. The number of nitrogens with zero attached hydrogens (tertiary/aromatic N) is 3. The minimum absolute atomic E-state index is 0.524. The Morgan fingerprint density at radius 3 is 2.80 bits per heavy atom. The molecule has 1 unspecified atom stereocenters. The van der Waals surface area contributed by atoms with Gasteiger partial charge in [0, 0.05) is 44.3 Å². The molecule has 0 N–H and O–H groups in total. The Morgan fingerprint density at radius 2 is 2.20 bits per heavy atom. The van der Waals surface area contributed by atoms with Gasteiger partial charge in [-0.3, -0.25) is 4.90 Å². The number of rotatable bonds is 3. The molecular weight excluding hydrogens is 210 g/mol. The van der Waals surface area contributed by atoms with Crippen molar-refractivity contribution in [1.82, 2.24) is 9.88 Å². The molecule has 1 aromatic heterocycles. The number of hydrogen-bond acceptors (Lipinski definition) is 5. The molecule has 1 aromatic rings. The molecule has 1 atom stereocenters. The summed E-state index contributed by atoms with van der Waals surface area (Å²) >= 11 is 1.73. The van der Waals surface area contributed by atoms with Crippen molar-refractivity contribution in [2.45, 2.75) is 6.10 Å². The molecular formula is C10H15N3OS. The van der Waals surface area contributed by atoms with Crippen LogP contribution in [0.3, 0.4) is 0 Å². The van der Waals surface area contributed by atoms with Crippen LogP contribution in [0.25, 0.3) is 0 Å². The van der Waals surface area contributed by atoms with Crippen molar-refractivity contribution in [1.29, 1.82) is 0 Å². The second kappa shape index (κ2) is 4.08. The fraction of sp³-hybridized carbons (Fsp3) is 0.700.